The van der Waals surface area contributed by atoms with Crippen LogP contribution in [-0.4, -0.2) is 24.5 Å². The molecule has 0 aromatic heterocycles. The second-order valence-corrected chi connectivity index (χ2v) is 3.82. The molecule has 1 aliphatic rings. The zero-order valence-corrected chi connectivity index (χ0v) is 9.23. The van der Waals surface area contributed by atoms with E-state index in [1.54, 1.807) is 0 Å². The molecule has 72 valence electrons. The van der Waals surface area contributed by atoms with Gasteiger partial charge < -0.3 is 11.8 Å². The van der Waals surface area contributed by atoms with Gasteiger partial charge in [0.1, 0.15) is 0 Å². The van der Waals surface area contributed by atoms with Gasteiger partial charge in [0.15, 0.2) is 0 Å². The standard InChI is InChI=1S/C11H22N.Li/c1-2-9-12-10-7-5-3-4-6-8-11-12;/h1-11H2;/q-1;+1. The predicted molar refractivity (Wildman–Crippen MR) is 54.1 cm³/mol. The first-order chi connectivity index (χ1) is 5.93. The first-order valence-electron chi connectivity index (χ1n) is 5.45. The minimum Gasteiger partial charge on any atom is -0.342 e. The molecule has 0 saturated carbocycles. The van der Waals surface area contributed by atoms with Gasteiger partial charge in [-0.25, -0.2) is 0 Å². The number of hydrogen-bond donors (Lipinski definition) is 0. The molecule has 1 aliphatic heterocycles. The Hall–Kier alpha value is 0.557. The van der Waals surface area contributed by atoms with Crippen LogP contribution in [0.2, 0.25) is 0 Å². The fourth-order valence-corrected chi connectivity index (χ4v) is 1.94. The van der Waals surface area contributed by atoms with Crippen LogP contribution in [0, 0.1) is 6.92 Å². The zero-order valence-electron chi connectivity index (χ0n) is 9.23. The molecule has 13 heavy (non-hydrogen) atoms. The average Bonchev–Trinajstić information content (AvgIpc) is 2.19. The van der Waals surface area contributed by atoms with Crippen LogP contribution in [0.1, 0.15) is 44.9 Å². The molecule has 0 unspecified atom stereocenters. The van der Waals surface area contributed by atoms with E-state index in [-0.39, 0.29) is 18.9 Å². The molecule has 0 aliphatic carbocycles. The van der Waals surface area contributed by atoms with Crippen molar-refractivity contribution in [1.29, 1.82) is 0 Å². The van der Waals surface area contributed by atoms with Gasteiger partial charge in [-0.3, -0.25) is 0 Å². The molecule has 0 bridgehead atoms. The van der Waals surface area contributed by atoms with Gasteiger partial charge in [0.2, 0.25) is 0 Å². The van der Waals surface area contributed by atoms with E-state index in [2.05, 4.69) is 11.8 Å². The van der Waals surface area contributed by atoms with E-state index in [9.17, 15) is 0 Å². The van der Waals surface area contributed by atoms with E-state index in [1.807, 2.05) is 0 Å². The molecule has 0 aromatic rings. The molecule has 1 saturated heterocycles. The second-order valence-electron chi connectivity index (χ2n) is 3.82. The smallest absolute Gasteiger partial charge is 0.342 e. The molecule has 0 N–H and O–H groups in total. The Kier molecular flexibility index (Phi) is 9.52. The van der Waals surface area contributed by atoms with Gasteiger partial charge >= 0.3 is 18.9 Å². The van der Waals surface area contributed by atoms with Gasteiger partial charge in [0.25, 0.3) is 0 Å². The molecule has 0 amide bonds. The largest absolute Gasteiger partial charge is 1.00 e. The quantitative estimate of drug-likeness (QED) is 0.417. The Balaban J connectivity index is 0.00000144. The Morgan fingerprint density at radius 3 is 1.77 bits per heavy atom. The minimum atomic E-state index is 0. The molecule has 0 atom stereocenters. The van der Waals surface area contributed by atoms with Crippen molar-refractivity contribution < 1.29 is 18.9 Å². The van der Waals surface area contributed by atoms with Gasteiger partial charge in [-0.05, 0) is 32.5 Å². The van der Waals surface area contributed by atoms with E-state index in [4.69, 9.17) is 0 Å². The summed E-state index contributed by atoms with van der Waals surface area (Å²) < 4.78 is 0. The summed E-state index contributed by atoms with van der Waals surface area (Å²) >= 11 is 0. The topological polar surface area (TPSA) is 3.24 Å². The third kappa shape index (κ3) is 6.60. The van der Waals surface area contributed by atoms with E-state index >= 15 is 0 Å². The Morgan fingerprint density at radius 2 is 1.31 bits per heavy atom. The van der Waals surface area contributed by atoms with E-state index < -0.39 is 0 Å². The van der Waals surface area contributed by atoms with Crippen molar-refractivity contribution in [1.82, 2.24) is 4.90 Å². The number of hydrogen-bond acceptors (Lipinski definition) is 1. The third-order valence-corrected chi connectivity index (χ3v) is 2.67. The van der Waals surface area contributed by atoms with Crippen molar-refractivity contribution in [3.8, 4) is 0 Å². The van der Waals surface area contributed by atoms with Crippen molar-refractivity contribution in [2.24, 2.45) is 0 Å². The monoisotopic (exact) mass is 175 g/mol. The normalized spacial score (nSPS) is 21.0. The SMILES string of the molecule is [CH2-]CCN1CCCCCCCC1.[Li+]. The van der Waals surface area contributed by atoms with Crippen molar-refractivity contribution >= 4 is 0 Å². The molecule has 1 rings (SSSR count). The summed E-state index contributed by atoms with van der Waals surface area (Å²) in [5, 5.41) is 0. The number of rotatable bonds is 2. The van der Waals surface area contributed by atoms with E-state index in [0.717, 1.165) is 6.42 Å². The fourth-order valence-electron chi connectivity index (χ4n) is 1.94. The molecule has 0 radical (unpaired) electrons. The number of nitrogens with zero attached hydrogens (tertiary/aromatic N) is 1. The maximum Gasteiger partial charge on any atom is 1.00 e. The van der Waals surface area contributed by atoms with E-state index in [1.165, 1.54) is 58.2 Å². The van der Waals surface area contributed by atoms with Crippen molar-refractivity contribution in [2.75, 3.05) is 19.6 Å². The Bertz CT molecular complexity index is 96.3. The Labute approximate surface area is 95.4 Å². The van der Waals surface area contributed by atoms with Crippen LogP contribution in [0.4, 0.5) is 0 Å². The summed E-state index contributed by atoms with van der Waals surface area (Å²) in [7, 11) is 0. The summed E-state index contributed by atoms with van der Waals surface area (Å²) in [6, 6.07) is 0. The van der Waals surface area contributed by atoms with Crippen LogP contribution < -0.4 is 18.9 Å². The van der Waals surface area contributed by atoms with Crippen LogP contribution in [0.15, 0.2) is 0 Å². The molecule has 1 heterocycles. The van der Waals surface area contributed by atoms with Crippen LogP contribution in [0.3, 0.4) is 0 Å². The molecule has 1 fully saturated rings. The average molecular weight is 175 g/mol. The first-order valence-corrected chi connectivity index (χ1v) is 5.45. The van der Waals surface area contributed by atoms with Crippen molar-refractivity contribution in [3.63, 3.8) is 0 Å². The summed E-state index contributed by atoms with van der Waals surface area (Å²) in [4.78, 5) is 2.58. The van der Waals surface area contributed by atoms with Gasteiger partial charge in [-0.2, -0.15) is 6.42 Å². The summed E-state index contributed by atoms with van der Waals surface area (Å²) in [5.74, 6) is 0. The molecule has 2 heteroatoms. The van der Waals surface area contributed by atoms with Crippen molar-refractivity contribution in [2.45, 2.75) is 44.9 Å². The third-order valence-electron chi connectivity index (χ3n) is 2.67. The molecule has 1 nitrogen and oxygen atoms in total. The van der Waals surface area contributed by atoms with Crippen LogP contribution in [0.5, 0.6) is 0 Å². The maximum absolute atomic E-state index is 3.92. The minimum absolute atomic E-state index is 0. The molecular weight excluding hydrogens is 153 g/mol. The summed E-state index contributed by atoms with van der Waals surface area (Å²) in [5.41, 5.74) is 0. The van der Waals surface area contributed by atoms with Crippen molar-refractivity contribution in [3.05, 3.63) is 6.92 Å². The van der Waals surface area contributed by atoms with Gasteiger partial charge in [0.05, 0.1) is 0 Å². The van der Waals surface area contributed by atoms with Crippen LogP contribution in [-0.2, 0) is 0 Å². The first kappa shape index (κ1) is 13.6. The van der Waals surface area contributed by atoms with E-state index in [0.29, 0.717) is 0 Å². The summed E-state index contributed by atoms with van der Waals surface area (Å²) in [6.07, 6.45) is 9.66. The fraction of sp³-hybridized carbons (Fsp3) is 0.909. The van der Waals surface area contributed by atoms with Gasteiger partial charge in [0, 0.05) is 0 Å². The zero-order chi connectivity index (χ0) is 8.65. The second kappa shape index (κ2) is 9.13. The molecular formula is C11H22LiN. The van der Waals surface area contributed by atoms with Gasteiger partial charge in [-0.15, -0.1) is 0 Å². The molecule has 0 aromatic carbocycles. The molecule has 0 spiro atoms. The summed E-state index contributed by atoms with van der Waals surface area (Å²) in [6.45, 7) is 7.75. The maximum atomic E-state index is 3.92. The Morgan fingerprint density at radius 1 is 0.846 bits per heavy atom. The van der Waals surface area contributed by atoms with Crippen LogP contribution >= 0.6 is 0 Å². The van der Waals surface area contributed by atoms with Gasteiger partial charge in [-0.1, -0.05) is 25.7 Å². The predicted octanol–water partition coefficient (Wildman–Crippen LogP) is -0.129. The van der Waals surface area contributed by atoms with Crippen LogP contribution in [0.25, 0.3) is 0 Å².